The summed E-state index contributed by atoms with van der Waals surface area (Å²) in [4.78, 5) is 21.9. The van der Waals surface area contributed by atoms with Gasteiger partial charge in [0.1, 0.15) is 22.5 Å². The van der Waals surface area contributed by atoms with E-state index in [1.807, 2.05) is 19.0 Å². The first kappa shape index (κ1) is 25.5. The standard InChI is InChI=1S/C29H31ClFN5O/c1-19-33-25(17-26(37)36(19)24-8-4-7-23(31)27(24)30)35-14-11-29(12-15-35)18-21-10-9-20(6-5-13-34(2)3)16-22(21)28(29)32/h4,7-10,16-17,28H,11-15,18,32H2,1-3H3/t28-/m1/s1. The summed E-state index contributed by atoms with van der Waals surface area (Å²) >= 11 is 6.13. The van der Waals surface area contributed by atoms with Gasteiger partial charge in [-0.1, -0.05) is 35.6 Å². The van der Waals surface area contributed by atoms with Crippen molar-refractivity contribution in [2.24, 2.45) is 11.1 Å². The van der Waals surface area contributed by atoms with E-state index < -0.39 is 5.82 Å². The fraction of sp³-hybridized carbons (Fsp3) is 0.379. The summed E-state index contributed by atoms with van der Waals surface area (Å²) in [6.07, 6.45) is 2.77. The second-order valence-electron chi connectivity index (χ2n) is 10.4. The van der Waals surface area contributed by atoms with Crippen LogP contribution in [0.25, 0.3) is 5.69 Å². The van der Waals surface area contributed by atoms with Crippen molar-refractivity contribution in [3.8, 4) is 17.5 Å². The Morgan fingerprint density at radius 2 is 1.97 bits per heavy atom. The third kappa shape index (κ3) is 4.77. The van der Waals surface area contributed by atoms with Crippen LogP contribution in [0.4, 0.5) is 10.2 Å². The van der Waals surface area contributed by atoms with Crippen molar-refractivity contribution < 1.29 is 4.39 Å². The van der Waals surface area contributed by atoms with Gasteiger partial charge in [-0.05, 0) is 81.1 Å². The van der Waals surface area contributed by atoms with Crippen LogP contribution in [-0.4, -0.2) is 48.2 Å². The highest BCUT2D eigenvalue weighted by Gasteiger charge is 2.46. The van der Waals surface area contributed by atoms with Crippen LogP contribution in [0, 0.1) is 30.0 Å². The number of rotatable bonds is 3. The minimum absolute atomic E-state index is 0.00631. The number of nitrogens with two attached hydrogens (primary N) is 1. The van der Waals surface area contributed by atoms with Crippen molar-refractivity contribution >= 4 is 17.4 Å². The molecule has 1 spiro atoms. The summed E-state index contributed by atoms with van der Waals surface area (Å²) < 4.78 is 15.3. The van der Waals surface area contributed by atoms with Gasteiger partial charge in [-0.3, -0.25) is 14.3 Å². The van der Waals surface area contributed by atoms with Gasteiger partial charge in [0.2, 0.25) is 0 Å². The van der Waals surface area contributed by atoms with Crippen molar-refractivity contribution in [2.75, 3.05) is 38.6 Å². The van der Waals surface area contributed by atoms with Gasteiger partial charge < -0.3 is 10.6 Å². The third-order valence-electron chi connectivity index (χ3n) is 7.64. The van der Waals surface area contributed by atoms with Crippen LogP contribution >= 0.6 is 11.6 Å². The van der Waals surface area contributed by atoms with E-state index in [2.05, 4.69) is 39.9 Å². The lowest BCUT2D eigenvalue weighted by atomic mass is 9.73. The van der Waals surface area contributed by atoms with E-state index >= 15 is 0 Å². The van der Waals surface area contributed by atoms with Gasteiger partial charge in [0.25, 0.3) is 5.56 Å². The van der Waals surface area contributed by atoms with Gasteiger partial charge in [0.15, 0.2) is 0 Å². The normalized spacial score (nSPS) is 18.1. The molecule has 0 radical (unpaired) electrons. The van der Waals surface area contributed by atoms with Gasteiger partial charge in [-0.2, -0.15) is 0 Å². The predicted octanol–water partition coefficient (Wildman–Crippen LogP) is 4.09. The number of piperidine rings is 1. The molecule has 2 N–H and O–H groups in total. The minimum Gasteiger partial charge on any atom is -0.356 e. The minimum atomic E-state index is -0.572. The summed E-state index contributed by atoms with van der Waals surface area (Å²) in [5, 5.41) is -0.0937. The van der Waals surface area contributed by atoms with E-state index in [1.54, 1.807) is 13.0 Å². The predicted molar refractivity (Wildman–Crippen MR) is 146 cm³/mol. The van der Waals surface area contributed by atoms with Gasteiger partial charge in [0.05, 0.1) is 12.2 Å². The van der Waals surface area contributed by atoms with Crippen LogP contribution in [0.15, 0.2) is 47.3 Å². The molecule has 1 fully saturated rings. The Labute approximate surface area is 221 Å². The highest BCUT2D eigenvalue weighted by molar-refractivity contribution is 6.32. The molecule has 192 valence electrons. The number of halogens is 2. The molecule has 0 bridgehead atoms. The Morgan fingerprint density at radius 1 is 1.22 bits per heavy atom. The van der Waals surface area contributed by atoms with Crippen molar-refractivity contribution in [2.45, 2.75) is 32.2 Å². The summed E-state index contributed by atoms with van der Waals surface area (Å²) in [5.41, 5.74) is 10.4. The topological polar surface area (TPSA) is 67.4 Å². The van der Waals surface area contributed by atoms with Crippen molar-refractivity contribution in [3.05, 3.63) is 86.2 Å². The number of aromatic nitrogens is 2. The second-order valence-corrected chi connectivity index (χ2v) is 10.7. The molecule has 1 aliphatic carbocycles. The van der Waals surface area contributed by atoms with Gasteiger partial charge in [0, 0.05) is 30.8 Å². The second kappa shape index (κ2) is 9.94. The first-order chi connectivity index (χ1) is 17.7. The van der Waals surface area contributed by atoms with Crippen LogP contribution < -0.4 is 16.2 Å². The maximum absolute atomic E-state index is 14.0. The Bertz CT molecular complexity index is 1460. The zero-order valence-electron chi connectivity index (χ0n) is 21.4. The SMILES string of the molecule is Cc1nc(N2CCC3(CC2)Cc2ccc(C#CCN(C)C)cc2[C@H]3N)cc(=O)n1-c1cccc(F)c1Cl. The lowest BCUT2D eigenvalue weighted by molar-refractivity contribution is 0.187. The van der Waals surface area contributed by atoms with Gasteiger partial charge in [-0.15, -0.1) is 0 Å². The molecule has 2 aromatic carbocycles. The molecule has 1 saturated heterocycles. The number of anilines is 1. The molecule has 1 atom stereocenters. The molecule has 0 saturated carbocycles. The average Bonchev–Trinajstić information content (AvgIpc) is 3.12. The quantitative estimate of drug-likeness (QED) is 0.528. The molecule has 3 aromatic rings. The summed E-state index contributed by atoms with van der Waals surface area (Å²) in [5.74, 6) is 6.97. The Morgan fingerprint density at radius 3 is 2.68 bits per heavy atom. The molecule has 0 amide bonds. The molecule has 5 rings (SSSR count). The Balaban J connectivity index is 1.33. The highest BCUT2D eigenvalue weighted by atomic mass is 35.5. The largest absolute Gasteiger partial charge is 0.356 e. The van der Waals surface area contributed by atoms with Crippen molar-refractivity contribution in [3.63, 3.8) is 0 Å². The molecule has 1 aliphatic heterocycles. The number of fused-ring (bicyclic) bond motifs is 1. The van der Waals surface area contributed by atoms with Crippen LogP contribution in [0.2, 0.25) is 5.02 Å². The molecule has 2 aliphatic rings. The first-order valence-corrected chi connectivity index (χ1v) is 12.9. The van der Waals surface area contributed by atoms with E-state index in [0.717, 1.165) is 44.5 Å². The first-order valence-electron chi connectivity index (χ1n) is 12.5. The van der Waals surface area contributed by atoms with Crippen molar-refractivity contribution in [1.29, 1.82) is 0 Å². The molecule has 6 nitrogen and oxygen atoms in total. The molecular weight excluding hydrogens is 489 g/mol. The number of nitrogens with zero attached hydrogens (tertiary/aromatic N) is 4. The summed E-state index contributed by atoms with van der Waals surface area (Å²) in [6, 6.07) is 12.3. The molecule has 8 heteroatoms. The molecule has 1 aromatic heterocycles. The fourth-order valence-electron chi connectivity index (χ4n) is 5.61. The summed E-state index contributed by atoms with van der Waals surface area (Å²) in [7, 11) is 4.01. The Hall–Kier alpha value is -3.18. The summed E-state index contributed by atoms with van der Waals surface area (Å²) in [6.45, 7) is 3.97. The smallest absolute Gasteiger partial charge is 0.260 e. The van der Waals surface area contributed by atoms with Crippen LogP contribution in [0.1, 0.15) is 41.4 Å². The lowest BCUT2D eigenvalue weighted by Crippen LogP contribution is -2.45. The maximum Gasteiger partial charge on any atom is 0.260 e. The van der Waals surface area contributed by atoms with Crippen LogP contribution in [0.5, 0.6) is 0 Å². The number of aryl methyl sites for hydroxylation is 1. The maximum atomic E-state index is 14.0. The van der Waals surface area contributed by atoms with Gasteiger partial charge >= 0.3 is 0 Å². The molecule has 37 heavy (non-hydrogen) atoms. The number of hydrogen-bond acceptors (Lipinski definition) is 5. The number of benzene rings is 2. The molecular formula is C29H31ClFN5O. The number of hydrogen-bond donors (Lipinski definition) is 1. The van der Waals surface area contributed by atoms with E-state index in [0.29, 0.717) is 17.3 Å². The average molecular weight is 520 g/mol. The zero-order chi connectivity index (χ0) is 26.3. The van der Waals surface area contributed by atoms with Crippen LogP contribution in [0.3, 0.4) is 0 Å². The zero-order valence-corrected chi connectivity index (χ0v) is 22.1. The van der Waals surface area contributed by atoms with Gasteiger partial charge in [-0.25, -0.2) is 9.37 Å². The highest BCUT2D eigenvalue weighted by Crippen LogP contribution is 2.51. The fourth-order valence-corrected chi connectivity index (χ4v) is 5.82. The van der Waals surface area contributed by atoms with E-state index in [9.17, 15) is 9.18 Å². The molecule has 0 unspecified atom stereocenters. The van der Waals surface area contributed by atoms with Crippen molar-refractivity contribution in [1.82, 2.24) is 14.5 Å². The Kier molecular flexibility index (Phi) is 6.84. The van der Waals surface area contributed by atoms with E-state index in [1.165, 1.54) is 33.9 Å². The third-order valence-corrected chi connectivity index (χ3v) is 8.01. The lowest BCUT2D eigenvalue weighted by Gasteiger charge is -2.42. The van der Waals surface area contributed by atoms with E-state index in [-0.39, 0.29) is 22.0 Å². The van der Waals surface area contributed by atoms with Crippen LogP contribution in [-0.2, 0) is 6.42 Å². The van der Waals surface area contributed by atoms with E-state index in [4.69, 9.17) is 17.3 Å². The molecule has 2 heterocycles. The monoisotopic (exact) mass is 519 g/mol.